The Hall–Kier alpha value is -1.59. The maximum atomic E-state index is 5.32. The van der Waals surface area contributed by atoms with Crippen molar-refractivity contribution in [1.82, 2.24) is 10.3 Å². The van der Waals surface area contributed by atoms with Gasteiger partial charge in [-0.15, -0.1) is 11.3 Å². The predicted octanol–water partition coefficient (Wildman–Crippen LogP) is 3.33. The van der Waals surface area contributed by atoms with Crippen LogP contribution in [0.2, 0.25) is 0 Å². The fraction of sp³-hybridized carbons (Fsp3) is 0.400. The zero-order valence-corrected chi connectivity index (χ0v) is 12.9. The van der Waals surface area contributed by atoms with Gasteiger partial charge in [-0.25, -0.2) is 4.98 Å². The van der Waals surface area contributed by atoms with Gasteiger partial charge in [0.25, 0.3) is 0 Å². The number of nitrogens with one attached hydrogen (secondary N) is 1. The molecular formula is C15H20N2O2S. The number of aromatic nitrogens is 1. The third-order valence-corrected chi connectivity index (χ3v) is 3.78. The molecule has 108 valence electrons. The molecule has 0 amide bonds. The average molecular weight is 292 g/mol. The Labute approximate surface area is 123 Å². The molecule has 2 aromatic rings. The van der Waals surface area contributed by atoms with Crippen molar-refractivity contribution in [2.24, 2.45) is 0 Å². The Morgan fingerprint density at radius 3 is 2.70 bits per heavy atom. The Kier molecular flexibility index (Phi) is 5.38. The van der Waals surface area contributed by atoms with Gasteiger partial charge in [-0.1, -0.05) is 6.92 Å². The monoisotopic (exact) mass is 292 g/mol. The molecule has 0 fully saturated rings. The van der Waals surface area contributed by atoms with Gasteiger partial charge in [0.15, 0.2) is 11.5 Å². The number of hydrogen-bond donors (Lipinski definition) is 1. The van der Waals surface area contributed by atoms with E-state index >= 15 is 0 Å². The van der Waals surface area contributed by atoms with Gasteiger partial charge < -0.3 is 14.8 Å². The molecule has 20 heavy (non-hydrogen) atoms. The summed E-state index contributed by atoms with van der Waals surface area (Å²) in [4.78, 5) is 4.64. The number of hydrogen-bond acceptors (Lipinski definition) is 5. The summed E-state index contributed by atoms with van der Waals surface area (Å²) in [5.74, 6) is 1.46. The van der Waals surface area contributed by atoms with E-state index < -0.39 is 0 Å². The highest BCUT2D eigenvalue weighted by atomic mass is 32.1. The normalized spacial score (nSPS) is 10.6. The van der Waals surface area contributed by atoms with Crippen molar-refractivity contribution >= 4 is 11.3 Å². The van der Waals surface area contributed by atoms with E-state index in [1.807, 2.05) is 18.2 Å². The van der Waals surface area contributed by atoms with E-state index in [1.54, 1.807) is 25.6 Å². The van der Waals surface area contributed by atoms with Gasteiger partial charge in [0.2, 0.25) is 0 Å². The minimum absolute atomic E-state index is 0.726. The largest absolute Gasteiger partial charge is 0.493 e. The molecule has 0 saturated heterocycles. The first-order chi connectivity index (χ1) is 9.78. The summed E-state index contributed by atoms with van der Waals surface area (Å²) in [6, 6.07) is 5.86. The topological polar surface area (TPSA) is 43.4 Å². The van der Waals surface area contributed by atoms with Gasteiger partial charge in [0, 0.05) is 17.5 Å². The molecule has 0 unspecified atom stereocenters. The first-order valence-electron chi connectivity index (χ1n) is 6.66. The van der Waals surface area contributed by atoms with E-state index in [2.05, 4.69) is 22.6 Å². The molecule has 0 aliphatic heterocycles. The average Bonchev–Trinajstić information content (AvgIpc) is 2.95. The van der Waals surface area contributed by atoms with Gasteiger partial charge in [-0.2, -0.15) is 0 Å². The second kappa shape index (κ2) is 7.26. The van der Waals surface area contributed by atoms with Crippen LogP contribution < -0.4 is 14.8 Å². The predicted molar refractivity (Wildman–Crippen MR) is 82.7 cm³/mol. The van der Waals surface area contributed by atoms with Gasteiger partial charge in [0.1, 0.15) is 5.01 Å². The van der Waals surface area contributed by atoms with Gasteiger partial charge in [-0.05, 0) is 31.2 Å². The van der Waals surface area contributed by atoms with Gasteiger partial charge in [0.05, 0.1) is 19.9 Å². The zero-order chi connectivity index (χ0) is 14.4. The Bertz CT molecular complexity index is 555. The fourth-order valence-corrected chi connectivity index (χ4v) is 2.67. The smallest absolute Gasteiger partial charge is 0.161 e. The third-order valence-electron chi connectivity index (χ3n) is 2.93. The summed E-state index contributed by atoms with van der Waals surface area (Å²) in [6.07, 6.45) is 1.13. The second-order valence-corrected chi connectivity index (χ2v) is 5.32. The van der Waals surface area contributed by atoms with Crippen LogP contribution in [0.25, 0.3) is 11.3 Å². The minimum Gasteiger partial charge on any atom is -0.493 e. The van der Waals surface area contributed by atoms with E-state index in [1.165, 1.54) is 0 Å². The molecule has 0 spiro atoms. The molecular weight excluding hydrogens is 272 g/mol. The highest BCUT2D eigenvalue weighted by Gasteiger charge is 2.09. The molecule has 0 saturated carbocycles. The number of ether oxygens (including phenoxy) is 2. The van der Waals surface area contributed by atoms with Gasteiger partial charge in [-0.3, -0.25) is 0 Å². The standard InChI is InChI=1S/C15H20N2O2S/c1-4-7-16-9-15-17-12(10-20-15)11-5-6-13(18-2)14(8-11)19-3/h5-6,8,10,16H,4,7,9H2,1-3H3. The molecule has 4 nitrogen and oxygen atoms in total. The number of nitrogens with zero attached hydrogens (tertiary/aromatic N) is 1. The Morgan fingerprint density at radius 1 is 1.20 bits per heavy atom. The number of rotatable bonds is 7. The van der Waals surface area contributed by atoms with Crippen molar-refractivity contribution < 1.29 is 9.47 Å². The molecule has 2 rings (SSSR count). The van der Waals surface area contributed by atoms with Crippen molar-refractivity contribution in [3.8, 4) is 22.8 Å². The molecule has 1 aromatic heterocycles. The summed E-state index contributed by atoms with van der Waals surface area (Å²) in [7, 11) is 3.28. The zero-order valence-electron chi connectivity index (χ0n) is 12.1. The first kappa shape index (κ1) is 14.8. The quantitative estimate of drug-likeness (QED) is 0.795. The summed E-state index contributed by atoms with van der Waals surface area (Å²) in [5.41, 5.74) is 2.02. The molecule has 0 bridgehead atoms. The lowest BCUT2D eigenvalue weighted by atomic mass is 10.1. The van der Waals surface area contributed by atoms with Crippen molar-refractivity contribution in [3.63, 3.8) is 0 Å². The van der Waals surface area contributed by atoms with E-state index in [0.29, 0.717) is 0 Å². The van der Waals surface area contributed by atoms with Gasteiger partial charge >= 0.3 is 0 Å². The fourth-order valence-electron chi connectivity index (χ4n) is 1.89. The van der Waals surface area contributed by atoms with Crippen LogP contribution >= 0.6 is 11.3 Å². The Balaban J connectivity index is 2.15. The summed E-state index contributed by atoms with van der Waals surface area (Å²) >= 11 is 1.67. The van der Waals surface area contributed by atoms with Crippen molar-refractivity contribution in [3.05, 3.63) is 28.6 Å². The molecule has 1 aromatic carbocycles. The molecule has 0 atom stereocenters. The maximum Gasteiger partial charge on any atom is 0.161 e. The van der Waals surface area contributed by atoms with E-state index in [9.17, 15) is 0 Å². The third kappa shape index (κ3) is 3.49. The SMILES string of the molecule is CCCNCc1nc(-c2ccc(OC)c(OC)c2)cs1. The number of methoxy groups -OCH3 is 2. The maximum absolute atomic E-state index is 5.32. The lowest BCUT2D eigenvalue weighted by Crippen LogP contribution is -2.13. The van der Waals surface area contributed by atoms with Crippen molar-refractivity contribution in [1.29, 1.82) is 0 Å². The lowest BCUT2D eigenvalue weighted by molar-refractivity contribution is 0.355. The summed E-state index contributed by atoms with van der Waals surface area (Å²) in [6.45, 7) is 4.00. The van der Waals surface area contributed by atoms with E-state index in [0.717, 1.165) is 47.3 Å². The first-order valence-corrected chi connectivity index (χ1v) is 7.54. The van der Waals surface area contributed by atoms with Crippen LogP contribution in [0.4, 0.5) is 0 Å². The van der Waals surface area contributed by atoms with Crippen LogP contribution in [-0.2, 0) is 6.54 Å². The van der Waals surface area contributed by atoms with E-state index in [4.69, 9.17) is 9.47 Å². The van der Waals surface area contributed by atoms with Crippen molar-refractivity contribution in [2.75, 3.05) is 20.8 Å². The molecule has 5 heteroatoms. The van der Waals surface area contributed by atoms with Crippen molar-refractivity contribution in [2.45, 2.75) is 19.9 Å². The van der Waals surface area contributed by atoms with Crippen LogP contribution in [0.5, 0.6) is 11.5 Å². The molecule has 0 aliphatic rings. The van der Waals surface area contributed by atoms with Crippen LogP contribution in [-0.4, -0.2) is 25.7 Å². The Morgan fingerprint density at radius 2 is 2.00 bits per heavy atom. The lowest BCUT2D eigenvalue weighted by Gasteiger charge is -2.08. The highest BCUT2D eigenvalue weighted by Crippen LogP contribution is 2.32. The molecule has 1 N–H and O–H groups in total. The molecule has 0 aliphatic carbocycles. The van der Waals surface area contributed by atoms with E-state index in [-0.39, 0.29) is 0 Å². The molecule has 0 radical (unpaired) electrons. The van der Waals surface area contributed by atoms with Crippen LogP contribution in [0.3, 0.4) is 0 Å². The summed E-state index contributed by atoms with van der Waals surface area (Å²) < 4.78 is 10.6. The van der Waals surface area contributed by atoms with Crippen LogP contribution in [0.15, 0.2) is 23.6 Å². The number of thiazole rings is 1. The molecule has 1 heterocycles. The summed E-state index contributed by atoms with van der Waals surface area (Å²) in [5, 5.41) is 6.53. The number of benzene rings is 1. The highest BCUT2D eigenvalue weighted by molar-refractivity contribution is 7.09. The van der Waals surface area contributed by atoms with Crippen LogP contribution in [0, 0.1) is 0 Å². The minimum atomic E-state index is 0.726. The van der Waals surface area contributed by atoms with Crippen LogP contribution in [0.1, 0.15) is 18.4 Å². The second-order valence-electron chi connectivity index (χ2n) is 4.37.